The molecule has 0 bridgehead atoms. The molecule has 2 atom stereocenters. The van der Waals surface area contributed by atoms with Crippen molar-refractivity contribution in [3.63, 3.8) is 0 Å². The molecule has 0 spiro atoms. The maximum atomic E-state index is 12.5. The molecule has 2 N–H and O–H groups in total. The van der Waals surface area contributed by atoms with E-state index in [9.17, 15) is 14.7 Å². The molecule has 1 aliphatic heterocycles. The number of hydrogen-bond acceptors (Lipinski definition) is 4. The molecular formula is C23H26N2O4. The lowest BCUT2D eigenvalue weighted by Crippen LogP contribution is -2.35. The molecule has 1 heterocycles. The van der Waals surface area contributed by atoms with Gasteiger partial charge >= 0.3 is 5.97 Å². The molecular weight excluding hydrogens is 368 g/mol. The third-order valence-electron chi connectivity index (χ3n) is 6.31. The van der Waals surface area contributed by atoms with Crippen LogP contribution in [0.4, 0.5) is 5.69 Å². The molecule has 6 nitrogen and oxygen atoms in total. The van der Waals surface area contributed by atoms with Crippen LogP contribution in [0.2, 0.25) is 0 Å². The number of carboxylic acids is 1. The molecule has 29 heavy (non-hydrogen) atoms. The third-order valence-corrected chi connectivity index (χ3v) is 6.31. The largest absolute Gasteiger partial charge is 0.497 e. The SMILES string of the molecule is COc1ccc(C(=O)Nc2cccc(CN3C[C@@H]4CCC[C@@]4(C(=O)O)C3)c2)cc1. The predicted molar refractivity (Wildman–Crippen MR) is 110 cm³/mol. The van der Waals surface area contributed by atoms with Gasteiger partial charge in [-0.2, -0.15) is 0 Å². The Balaban J connectivity index is 1.41. The van der Waals surface area contributed by atoms with Crippen molar-refractivity contribution in [2.24, 2.45) is 11.3 Å². The normalized spacial score (nSPS) is 23.6. The first-order chi connectivity index (χ1) is 14.0. The molecule has 1 saturated carbocycles. The number of benzene rings is 2. The van der Waals surface area contributed by atoms with Crippen LogP contribution in [0.15, 0.2) is 48.5 Å². The van der Waals surface area contributed by atoms with Gasteiger partial charge in [0, 0.05) is 30.9 Å². The summed E-state index contributed by atoms with van der Waals surface area (Å²) >= 11 is 0. The number of carbonyl (C=O) groups excluding carboxylic acids is 1. The second kappa shape index (κ2) is 7.87. The van der Waals surface area contributed by atoms with E-state index in [-0.39, 0.29) is 11.8 Å². The molecule has 0 aromatic heterocycles. The monoisotopic (exact) mass is 394 g/mol. The number of methoxy groups -OCH3 is 1. The van der Waals surface area contributed by atoms with Crippen molar-refractivity contribution in [2.75, 3.05) is 25.5 Å². The highest BCUT2D eigenvalue weighted by molar-refractivity contribution is 6.04. The molecule has 2 aromatic rings. The molecule has 6 heteroatoms. The minimum atomic E-state index is -0.650. The second-order valence-electron chi connectivity index (χ2n) is 8.10. The Morgan fingerprint density at radius 3 is 2.72 bits per heavy atom. The summed E-state index contributed by atoms with van der Waals surface area (Å²) in [6, 6.07) is 14.7. The number of fused-ring (bicyclic) bond motifs is 1. The highest BCUT2D eigenvalue weighted by Crippen LogP contribution is 2.49. The molecule has 2 aliphatic rings. The highest BCUT2D eigenvalue weighted by atomic mass is 16.5. The molecule has 1 saturated heterocycles. The van der Waals surface area contributed by atoms with E-state index < -0.39 is 11.4 Å². The van der Waals surface area contributed by atoms with Crippen molar-refractivity contribution in [3.05, 3.63) is 59.7 Å². The fourth-order valence-corrected chi connectivity index (χ4v) is 4.81. The van der Waals surface area contributed by atoms with Gasteiger partial charge in [0.2, 0.25) is 0 Å². The summed E-state index contributed by atoms with van der Waals surface area (Å²) < 4.78 is 5.12. The third kappa shape index (κ3) is 3.85. The lowest BCUT2D eigenvalue weighted by atomic mass is 9.81. The molecule has 0 radical (unpaired) electrons. The second-order valence-corrected chi connectivity index (χ2v) is 8.10. The summed E-state index contributed by atoms with van der Waals surface area (Å²) in [4.78, 5) is 26.6. The minimum absolute atomic E-state index is 0.176. The summed E-state index contributed by atoms with van der Waals surface area (Å²) in [6.07, 6.45) is 2.79. The highest BCUT2D eigenvalue weighted by Gasteiger charge is 2.54. The van der Waals surface area contributed by atoms with Crippen molar-refractivity contribution < 1.29 is 19.4 Å². The van der Waals surface area contributed by atoms with E-state index in [0.717, 1.165) is 37.1 Å². The molecule has 2 aromatic carbocycles. The number of amides is 1. The summed E-state index contributed by atoms with van der Waals surface area (Å²) in [5.41, 5.74) is 1.79. The van der Waals surface area contributed by atoms with E-state index in [2.05, 4.69) is 10.2 Å². The van der Waals surface area contributed by atoms with Crippen LogP contribution in [-0.2, 0) is 11.3 Å². The van der Waals surface area contributed by atoms with Crippen LogP contribution < -0.4 is 10.1 Å². The zero-order chi connectivity index (χ0) is 20.4. The quantitative estimate of drug-likeness (QED) is 0.782. The van der Waals surface area contributed by atoms with Gasteiger partial charge in [0.05, 0.1) is 12.5 Å². The van der Waals surface area contributed by atoms with Gasteiger partial charge in [0.15, 0.2) is 0 Å². The number of aliphatic carboxylic acids is 1. The van der Waals surface area contributed by atoms with Crippen LogP contribution in [0.5, 0.6) is 5.75 Å². The fourth-order valence-electron chi connectivity index (χ4n) is 4.81. The average molecular weight is 394 g/mol. The van der Waals surface area contributed by atoms with Gasteiger partial charge in [-0.05, 0) is 60.7 Å². The zero-order valence-electron chi connectivity index (χ0n) is 16.6. The maximum absolute atomic E-state index is 12.5. The molecule has 4 rings (SSSR count). The Kier molecular flexibility index (Phi) is 5.28. The smallest absolute Gasteiger partial charge is 0.311 e. The van der Waals surface area contributed by atoms with E-state index in [4.69, 9.17) is 4.74 Å². The number of rotatable bonds is 6. The lowest BCUT2D eigenvalue weighted by Gasteiger charge is -2.23. The van der Waals surface area contributed by atoms with Gasteiger partial charge in [-0.15, -0.1) is 0 Å². The van der Waals surface area contributed by atoms with Crippen molar-refractivity contribution in [2.45, 2.75) is 25.8 Å². The average Bonchev–Trinajstić information content (AvgIpc) is 3.26. The van der Waals surface area contributed by atoms with Crippen LogP contribution in [0, 0.1) is 11.3 Å². The maximum Gasteiger partial charge on any atom is 0.311 e. The summed E-state index contributed by atoms with van der Waals surface area (Å²) in [7, 11) is 1.59. The van der Waals surface area contributed by atoms with Gasteiger partial charge in [-0.3, -0.25) is 14.5 Å². The van der Waals surface area contributed by atoms with Crippen molar-refractivity contribution >= 4 is 17.6 Å². The molecule has 2 fully saturated rings. The predicted octanol–water partition coefficient (Wildman–Crippen LogP) is 3.63. The Labute approximate surface area is 170 Å². The van der Waals surface area contributed by atoms with Crippen LogP contribution in [-0.4, -0.2) is 42.1 Å². The number of likely N-dealkylation sites (tertiary alicyclic amines) is 1. The lowest BCUT2D eigenvalue weighted by molar-refractivity contribution is -0.149. The van der Waals surface area contributed by atoms with Crippen molar-refractivity contribution in [1.29, 1.82) is 0 Å². The van der Waals surface area contributed by atoms with Gasteiger partial charge < -0.3 is 15.2 Å². The standard InChI is InChI=1S/C23H26N2O4/c1-29-20-9-7-17(8-10-20)21(26)24-19-6-2-4-16(12-19)13-25-14-18-5-3-11-23(18,15-25)22(27)28/h2,4,6-10,12,18H,3,5,11,13-15H2,1H3,(H,24,26)(H,27,28)/t18-,23+/m0/s1. The Morgan fingerprint density at radius 2 is 2.03 bits per heavy atom. The fraction of sp³-hybridized carbons (Fsp3) is 0.391. The molecule has 1 amide bonds. The van der Waals surface area contributed by atoms with Gasteiger partial charge in [-0.1, -0.05) is 18.6 Å². The molecule has 0 unspecified atom stereocenters. The molecule has 1 aliphatic carbocycles. The first-order valence-corrected chi connectivity index (χ1v) is 10.0. The van der Waals surface area contributed by atoms with Crippen LogP contribution >= 0.6 is 0 Å². The minimum Gasteiger partial charge on any atom is -0.497 e. The number of nitrogens with zero attached hydrogens (tertiary/aromatic N) is 1. The topological polar surface area (TPSA) is 78.9 Å². The van der Waals surface area contributed by atoms with Gasteiger partial charge in [-0.25, -0.2) is 0 Å². The van der Waals surface area contributed by atoms with Crippen LogP contribution in [0.3, 0.4) is 0 Å². The first kappa shape index (κ1) is 19.5. The number of ether oxygens (including phenoxy) is 1. The number of hydrogen-bond donors (Lipinski definition) is 2. The van der Waals surface area contributed by atoms with Crippen molar-refractivity contribution in [1.82, 2.24) is 4.90 Å². The number of anilines is 1. The van der Waals surface area contributed by atoms with E-state index >= 15 is 0 Å². The Hall–Kier alpha value is -2.86. The van der Waals surface area contributed by atoms with Crippen molar-refractivity contribution in [3.8, 4) is 5.75 Å². The number of carboxylic acid groups (broad SMARTS) is 1. The summed E-state index contributed by atoms with van der Waals surface area (Å²) in [6.45, 7) is 2.13. The zero-order valence-corrected chi connectivity index (χ0v) is 16.6. The van der Waals surface area contributed by atoms with Crippen LogP contribution in [0.1, 0.15) is 35.2 Å². The molecule has 152 valence electrons. The Bertz CT molecular complexity index is 911. The van der Waals surface area contributed by atoms with E-state index in [0.29, 0.717) is 24.4 Å². The van der Waals surface area contributed by atoms with E-state index in [1.54, 1.807) is 31.4 Å². The van der Waals surface area contributed by atoms with Crippen LogP contribution in [0.25, 0.3) is 0 Å². The first-order valence-electron chi connectivity index (χ1n) is 10.0. The Morgan fingerprint density at radius 1 is 1.24 bits per heavy atom. The summed E-state index contributed by atoms with van der Waals surface area (Å²) in [5.74, 6) is 0.129. The number of nitrogens with one attached hydrogen (secondary N) is 1. The van der Waals surface area contributed by atoms with E-state index in [1.807, 2.05) is 24.3 Å². The summed E-state index contributed by atoms with van der Waals surface area (Å²) in [5, 5.41) is 12.7. The van der Waals surface area contributed by atoms with Gasteiger partial charge in [0.1, 0.15) is 5.75 Å². The number of carbonyl (C=O) groups is 2. The van der Waals surface area contributed by atoms with Gasteiger partial charge in [0.25, 0.3) is 5.91 Å². The van der Waals surface area contributed by atoms with E-state index in [1.165, 1.54) is 0 Å².